The summed E-state index contributed by atoms with van der Waals surface area (Å²) in [5.74, 6) is 3.43. The Kier molecular flexibility index (Phi) is 4.94. The minimum atomic E-state index is -0.936. The Bertz CT molecular complexity index is 535. The molecule has 0 saturated carbocycles. The summed E-state index contributed by atoms with van der Waals surface area (Å²) in [6.07, 6.45) is -0.796. The molecule has 0 heterocycles. The second-order valence-corrected chi connectivity index (χ2v) is 4.29. The summed E-state index contributed by atoms with van der Waals surface area (Å²) in [5, 5.41) is 20.1. The van der Waals surface area contributed by atoms with E-state index in [0.29, 0.717) is 6.07 Å². The van der Waals surface area contributed by atoms with Gasteiger partial charge >= 0.3 is 0 Å². The third kappa shape index (κ3) is 3.39. The maximum atomic E-state index is 13.5. The maximum absolute atomic E-state index is 13.5. The number of aliphatic hydroxyl groups is 1. The number of hydrazine groups is 1. The van der Waals surface area contributed by atoms with Gasteiger partial charge in [-0.2, -0.15) is 0 Å². The highest BCUT2D eigenvalue weighted by Crippen LogP contribution is 2.26. The molecule has 1 aromatic carbocycles. The number of carbonyl (C=O) groups excluding carboxylic acids is 1. The molecule has 1 rings (SSSR count). The zero-order valence-corrected chi connectivity index (χ0v) is 11.0. The molecule has 0 radical (unpaired) electrons. The van der Waals surface area contributed by atoms with Crippen LogP contribution in [0.25, 0.3) is 0 Å². The highest BCUT2D eigenvalue weighted by molar-refractivity contribution is 5.99. The number of nitro benzene ring substituents is 1. The van der Waals surface area contributed by atoms with Crippen LogP contribution >= 0.6 is 0 Å². The first-order valence-electron chi connectivity index (χ1n) is 5.66. The van der Waals surface area contributed by atoms with Gasteiger partial charge in [0.1, 0.15) is 5.56 Å². The SMILES string of the molecule is CC(O)CN(C)C(=O)c1cc(NN)c(F)cc1[N+](=O)[O-]. The van der Waals surface area contributed by atoms with Crippen LogP contribution in [0.5, 0.6) is 0 Å². The Morgan fingerprint density at radius 2 is 2.25 bits per heavy atom. The number of nitrogen functional groups attached to an aromatic ring is 1. The lowest BCUT2D eigenvalue weighted by atomic mass is 10.1. The van der Waals surface area contributed by atoms with E-state index in [0.717, 1.165) is 11.0 Å². The van der Waals surface area contributed by atoms with Crippen LogP contribution in [0.1, 0.15) is 17.3 Å². The van der Waals surface area contributed by atoms with Crippen LogP contribution in [-0.4, -0.2) is 40.5 Å². The average molecular weight is 286 g/mol. The van der Waals surface area contributed by atoms with Crippen molar-refractivity contribution in [3.8, 4) is 0 Å². The molecule has 0 fully saturated rings. The minimum Gasteiger partial charge on any atom is -0.392 e. The van der Waals surface area contributed by atoms with Crippen molar-refractivity contribution in [2.45, 2.75) is 13.0 Å². The molecule has 110 valence electrons. The molecule has 0 aliphatic rings. The summed E-state index contributed by atoms with van der Waals surface area (Å²) in [6.45, 7) is 1.45. The van der Waals surface area contributed by atoms with Crippen LogP contribution in [0.3, 0.4) is 0 Å². The number of anilines is 1. The fourth-order valence-corrected chi connectivity index (χ4v) is 1.68. The molecule has 0 spiro atoms. The maximum Gasteiger partial charge on any atom is 0.285 e. The number of hydrogen-bond donors (Lipinski definition) is 3. The van der Waals surface area contributed by atoms with E-state index in [4.69, 9.17) is 5.84 Å². The van der Waals surface area contributed by atoms with Gasteiger partial charge in [-0.15, -0.1) is 0 Å². The highest BCUT2D eigenvalue weighted by atomic mass is 19.1. The first kappa shape index (κ1) is 15.8. The molecule has 0 bridgehead atoms. The average Bonchev–Trinajstić information content (AvgIpc) is 2.36. The van der Waals surface area contributed by atoms with E-state index in [1.165, 1.54) is 14.0 Å². The molecule has 1 unspecified atom stereocenters. The number of aliphatic hydroxyl groups excluding tert-OH is 1. The van der Waals surface area contributed by atoms with Crippen LogP contribution in [0.2, 0.25) is 0 Å². The molecular formula is C11H15FN4O4. The van der Waals surface area contributed by atoms with Crippen LogP contribution in [-0.2, 0) is 0 Å². The summed E-state index contributed by atoms with van der Waals surface area (Å²) >= 11 is 0. The monoisotopic (exact) mass is 286 g/mol. The fraction of sp³-hybridized carbons (Fsp3) is 0.364. The predicted octanol–water partition coefficient (Wildman–Crippen LogP) is 0.472. The predicted molar refractivity (Wildman–Crippen MR) is 69.5 cm³/mol. The lowest BCUT2D eigenvalue weighted by Crippen LogP contribution is -2.33. The number of carbonyl (C=O) groups is 1. The second-order valence-electron chi connectivity index (χ2n) is 4.29. The number of hydrogen-bond acceptors (Lipinski definition) is 6. The zero-order valence-electron chi connectivity index (χ0n) is 11.0. The van der Waals surface area contributed by atoms with Gasteiger partial charge in [0.25, 0.3) is 11.6 Å². The molecule has 1 atom stereocenters. The normalized spacial score (nSPS) is 11.8. The molecule has 0 aromatic heterocycles. The van der Waals surface area contributed by atoms with E-state index < -0.39 is 28.4 Å². The number of nitro groups is 1. The van der Waals surface area contributed by atoms with E-state index in [1.54, 1.807) is 0 Å². The third-order valence-corrected chi connectivity index (χ3v) is 2.55. The van der Waals surface area contributed by atoms with Gasteiger partial charge in [-0.05, 0) is 13.0 Å². The second kappa shape index (κ2) is 6.26. The van der Waals surface area contributed by atoms with Gasteiger partial charge in [0.15, 0.2) is 5.82 Å². The first-order chi connectivity index (χ1) is 9.27. The van der Waals surface area contributed by atoms with E-state index in [1.807, 2.05) is 5.43 Å². The van der Waals surface area contributed by atoms with Gasteiger partial charge in [0.2, 0.25) is 0 Å². The van der Waals surface area contributed by atoms with E-state index >= 15 is 0 Å². The summed E-state index contributed by atoms with van der Waals surface area (Å²) < 4.78 is 13.5. The van der Waals surface area contributed by atoms with Gasteiger partial charge in [0.05, 0.1) is 22.8 Å². The number of benzene rings is 1. The van der Waals surface area contributed by atoms with E-state index in [-0.39, 0.29) is 17.8 Å². The van der Waals surface area contributed by atoms with Crippen LogP contribution in [0.15, 0.2) is 12.1 Å². The topological polar surface area (TPSA) is 122 Å². The number of likely N-dealkylation sites (N-methyl/N-ethyl adjacent to an activating group) is 1. The van der Waals surface area contributed by atoms with Crippen molar-refractivity contribution < 1.29 is 19.2 Å². The number of halogens is 1. The van der Waals surface area contributed by atoms with Gasteiger partial charge in [-0.3, -0.25) is 20.8 Å². The molecule has 9 heteroatoms. The van der Waals surface area contributed by atoms with Crippen molar-refractivity contribution in [2.24, 2.45) is 5.84 Å². The molecule has 0 aliphatic heterocycles. The number of nitrogens with zero attached hydrogens (tertiary/aromatic N) is 2. The van der Waals surface area contributed by atoms with Gasteiger partial charge in [-0.1, -0.05) is 0 Å². The Hall–Kier alpha value is -2.26. The van der Waals surface area contributed by atoms with Gasteiger partial charge < -0.3 is 15.4 Å². The highest BCUT2D eigenvalue weighted by Gasteiger charge is 2.26. The van der Waals surface area contributed by atoms with Crippen molar-refractivity contribution in [1.29, 1.82) is 0 Å². The number of amides is 1. The minimum absolute atomic E-state index is 0.0151. The number of rotatable bonds is 5. The molecule has 0 saturated heterocycles. The Labute approximate surface area is 114 Å². The third-order valence-electron chi connectivity index (χ3n) is 2.55. The van der Waals surface area contributed by atoms with Gasteiger partial charge in [-0.25, -0.2) is 4.39 Å². The molecule has 8 nitrogen and oxygen atoms in total. The molecule has 4 N–H and O–H groups in total. The lowest BCUT2D eigenvalue weighted by Gasteiger charge is -2.19. The van der Waals surface area contributed by atoms with Crippen LogP contribution in [0, 0.1) is 15.9 Å². The smallest absolute Gasteiger partial charge is 0.285 e. The Morgan fingerprint density at radius 1 is 1.65 bits per heavy atom. The summed E-state index contributed by atoms with van der Waals surface area (Å²) in [6, 6.07) is 1.59. The van der Waals surface area contributed by atoms with Crippen LogP contribution < -0.4 is 11.3 Å². The molecule has 1 aromatic rings. The largest absolute Gasteiger partial charge is 0.392 e. The van der Waals surface area contributed by atoms with Gasteiger partial charge in [0, 0.05) is 13.6 Å². The molecule has 1 amide bonds. The van der Waals surface area contributed by atoms with Crippen LogP contribution in [0.4, 0.5) is 15.8 Å². The van der Waals surface area contributed by atoms with Crippen molar-refractivity contribution in [1.82, 2.24) is 4.90 Å². The first-order valence-corrected chi connectivity index (χ1v) is 5.66. The number of nitrogens with two attached hydrogens (primary N) is 1. The van der Waals surface area contributed by atoms with E-state index in [2.05, 4.69) is 0 Å². The quantitative estimate of drug-likeness (QED) is 0.411. The van der Waals surface area contributed by atoms with Crippen molar-refractivity contribution in [3.05, 3.63) is 33.6 Å². The summed E-state index contributed by atoms with van der Waals surface area (Å²) in [4.78, 5) is 23.2. The lowest BCUT2D eigenvalue weighted by molar-refractivity contribution is -0.385. The van der Waals surface area contributed by atoms with E-state index in [9.17, 15) is 24.4 Å². The zero-order chi connectivity index (χ0) is 15.4. The molecule has 20 heavy (non-hydrogen) atoms. The standard InChI is InChI=1S/C11H15FN4O4/c1-6(17)5-15(2)11(18)7-3-9(14-13)8(12)4-10(7)16(19)20/h3-4,6,14,17H,5,13H2,1-2H3. The molecule has 0 aliphatic carbocycles. The van der Waals surface area contributed by atoms with Crippen molar-refractivity contribution >= 4 is 17.3 Å². The fourth-order valence-electron chi connectivity index (χ4n) is 1.68. The summed E-state index contributed by atoms with van der Waals surface area (Å²) in [5.41, 5.74) is 0.811. The Balaban J connectivity index is 3.27. The number of nitrogens with one attached hydrogen (secondary N) is 1. The van der Waals surface area contributed by atoms with Crippen molar-refractivity contribution in [2.75, 3.05) is 19.0 Å². The Morgan fingerprint density at radius 3 is 2.70 bits per heavy atom. The molecular weight excluding hydrogens is 271 g/mol. The van der Waals surface area contributed by atoms with Crippen molar-refractivity contribution in [3.63, 3.8) is 0 Å². The summed E-state index contributed by atoms with van der Waals surface area (Å²) in [7, 11) is 1.37.